The molecule has 0 aromatic carbocycles. The van der Waals surface area contributed by atoms with Gasteiger partial charge in [-0.25, -0.2) is 0 Å². The van der Waals surface area contributed by atoms with E-state index in [0.717, 1.165) is 19.3 Å². The van der Waals surface area contributed by atoms with Gasteiger partial charge in [-0.1, -0.05) is 0 Å². The highest BCUT2D eigenvalue weighted by Gasteiger charge is 2.53. The Morgan fingerprint density at radius 1 is 1.29 bits per heavy atom. The summed E-state index contributed by atoms with van der Waals surface area (Å²) in [5, 5.41) is 0. The number of likely N-dealkylation sites (tertiary alicyclic amines) is 1. The maximum Gasteiger partial charge on any atom is 0.405 e. The van der Waals surface area contributed by atoms with Gasteiger partial charge in [0.1, 0.15) is 6.04 Å². The highest BCUT2D eigenvalue weighted by molar-refractivity contribution is 5.02. The molecule has 1 saturated heterocycles. The van der Waals surface area contributed by atoms with E-state index in [1.54, 1.807) is 0 Å². The van der Waals surface area contributed by atoms with Crippen LogP contribution < -0.4 is 5.73 Å². The highest BCUT2D eigenvalue weighted by atomic mass is 19.4. The Labute approximate surface area is 81.2 Å². The van der Waals surface area contributed by atoms with Crippen LogP contribution in [0, 0.1) is 5.41 Å². The average molecular weight is 208 g/mol. The third-order valence-corrected chi connectivity index (χ3v) is 3.47. The Hall–Kier alpha value is -0.290. The number of alkyl halides is 3. The summed E-state index contributed by atoms with van der Waals surface area (Å²) in [5.41, 5.74) is 5.42. The van der Waals surface area contributed by atoms with Gasteiger partial charge in [0, 0.05) is 13.1 Å². The van der Waals surface area contributed by atoms with Crippen LogP contribution in [-0.4, -0.2) is 36.8 Å². The Bertz CT molecular complexity index is 223. The van der Waals surface area contributed by atoms with Crippen molar-refractivity contribution >= 4 is 0 Å². The van der Waals surface area contributed by atoms with E-state index < -0.39 is 12.2 Å². The van der Waals surface area contributed by atoms with Crippen molar-refractivity contribution in [3.63, 3.8) is 0 Å². The molecular weight excluding hydrogens is 193 g/mol. The first kappa shape index (κ1) is 10.2. The second kappa shape index (κ2) is 3.10. The zero-order chi connectivity index (χ0) is 10.4. The maximum atomic E-state index is 12.5. The molecule has 0 bridgehead atoms. The normalized spacial score (nSPS) is 28.3. The zero-order valence-corrected chi connectivity index (χ0v) is 7.98. The van der Waals surface area contributed by atoms with Crippen molar-refractivity contribution in [2.75, 3.05) is 19.6 Å². The molecule has 0 aromatic heterocycles. The van der Waals surface area contributed by atoms with Crippen molar-refractivity contribution in [3.05, 3.63) is 0 Å². The van der Waals surface area contributed by atoms with E-state index in [4.69, 9.17) is 5.73 Å². The van der Waals surface area contributed by atoms with Crippen LogP contribution in [0.5, 0.6) is 0 Å². The van der Waals surface area contributed by atoms with Gasteiger partial charge >= 0.3 is 6.18 Å². The van der Waals surface area contributed by atoms with Crippen LogP contribution in [-0.2, 0) is 0 Å². The third kappa shape index (κ3) is 1.75. The van der Waals surface area contributed by atoms with Crippen molar-refractivity contribution < 1.29 is 13.2 Å². The van der Waals surface area contributed by atoms with Crippen molar-refractivity contribution in [1.82, 2.24) is 4.90 Å². The van der Waals surface area contributed by atoms with Gasteiger partial charge < -0.3 is 5.73 Å². The van der Waals surface area contributed by atoms with Gasteiger partial charge in [0.25, 0.3) is 0 Å². The summed E-state index contributed by atoms with van der Waals surface area (Å²) >= 11 is 0. The molecule has 1 atom stereocenters. The fourth-order valence-corrected chi connectivity index (χ4v) is 2.31. The topological polar surface area (TPSA) is 29.3 Å². The van der Waals surface area contributed by atoms with Gasteiger partial charge in [-0.05, 0) is 31.2 Å². The fourth-order valence-electron chi connectivity index (χ4n) is 2.31. The molecular formula is C9H15F3N2. The molecule has 1 aliphatic carbocycles. The molecule has 1 saturated carbocycles. The summed E-state index contributed by atoms with van der Waals surface area (Å²) in [6, 6.07) is -1.43. The van der Waals surface area contributed by atoms with Gasteiger partial charge in [-0.2, -0.15) is 13.2 Å². The van der Waals surface area contributed by atoms with Crippen molar-refractivity contribution in [1.29, 1.82) is 0 Å². The minimum atomic E-state index is -4.17. The molecule has 2 fully saturated rings. The lowest BCUT2D eigenvalue weighted by molar-refractivity contribution is -0.178. The molecule has 1 unspecified atom stereocenters. The van der Waals surface area contributed by atoms with E-state index in [0.29, 0.717) is 13.1 Å². The van der Waals surface area contributed by atoms with E-state index in [1.807, 2.05) is 0 Å². The van der Waals surface area contributed by atoms with Crippen LogP contribution >= 0.6 is 0 Å². The second-order valence-electron chi connectivity index (χ2n) is 4.51. The number of halogens is 3. The molecule has 1 aliphatic heterocycles. The van der Waals surface area contributed by atoms with Gasteiger partial charge in [0.2, 0.25) is 0 Å². The molecule has 2 rings (SSSR count). The molecule has 1 spiro atoms. The SMILES string of the molecule is NCC(N1CCC2(CC2)C1)C(F)(F)F. The van der Waals surface area contributed by atoms with Crippen LogP contribution in [0.4, 0.5) is 13.2 Å². The lowest BCUT2D eigenvalue weighted by Gasteiger charge is -2.28. The molecule has 0 aromatic rings. The summed E-state index contributed by atoms with van der Waals surface area (Å²) in [6.45, 7) is 0.829. The number of nitrogens with zero attached hydrogens (tertiary/aromatic N) is 1. The number of hydrogen-bond acceptors (Lipinski definition) is 2. The minimum Gasteiger partial charge on any atom is -0.329 e. The standard InChI is InChI=1S/C9H15F3N2/c10-9(11,12)7(5-13)14-4-3-8(6-14)1-2-8/h7H,1-6,13H2. The van der Waals surface area contributed by atoms with E-state index >= 15 is 0 Å². The van der Waals surface area contributed by atoms with Crippen LogP contribution in [0.2, 0.25) is 0 Å². The first-order chi connectivity index (χ1) is 6.47. The molecule has 14 heavy (non-hydrogen) atoms. The predicted octanol–water partition coefficient (Wildman–Crippen LogP) is 1.36. The lowest BCUT2D eigenvalue weighted by Crippen LogP contribution is -2.49. The molecule has 0 radical (unpaired) electrons. The smallest absolute Gasteiger partial charge is 0.329 e. The molecule has 1 heterocycles. The predicted molar refractivity (Wildman–Crippen MR) is 46.8 cm³/mol. The molecule has 82 valence electrons. The van der Waals surface area contributed by atoms with Gasteiger partial charge in [-0.15, -0.1) is 0 Å². The number of hydrogen-bond donors (Lipinski definition) is 1. The zero-order valence-electron chi connectivity index (χ0n) is 7.98. The van der Waals surface area contributed by atoms with Gasteiger partial charge in [0.05, 0.1) is 0 Å². The van der Waals surface area contributed by atoms with Crippen LogP contribution in [0.25, 0.3) is 0 Å². The summed E-state index contributed by atoms with van der Waals surface area (Å²) in [5.74, 6) is 0. The van der Waals surface area contributed by atoms with Gasteiger partial charge in [0.15, 0.2) is 0 Å². The minimum absolute atomic E-state index is 0.235. The quantitative estimate of drug-likeness (QED) is 0.742. The Morgan fingerprint density at radius 2 is 1.93 bits per heavy atom. The second-order valence-corrected chi connectivity index (χ2v) is 4.51. The first-order valence-corrected chi connectivity index (χ1v) is 4.98. The summed E-state index contributed by atoms with van der Waals surface area (Å²) in [4.78, 5) is 1.51. The molecule has 0 amide bonds. The monoisotopic (exact) mass is 208 g/mol. The van der Waals surface area contributed by atoms with E-state index in [1.165, 1.54) is 4.90 Å². The number of nitrogens with two attached hydrogens (primary N) is 1. The average Bonchev–Trinajstić information content (AvgIpc) is 2.66. The summed E-state index contributed by atoms with van der Waals surface area (Å²) in [6.07, 6.45) is -1.06. The number of rotatable bonds is 2. The fraction of sp³-hybridized carbons (Fsp3) is 1.00. The third-order valence-electron chi connectivity index (χ3n) is 3.47. The van der Waals surface area contributed by atoms with E-state index in [9.17, 15) is 13.2 Å². The largest absolute Gasteiger partial charge is 0.405 e. The summed E-state index contributed by atoms with van der Waals surface area (Å²) < 4.78 is 37.6. The van der Waals surface area contributed by atoms with Gasteiger partial charge in [-0.3, -0.25) is 4.90 Å². The maximum absolute atomic E-state index is 12.5. The molecule has 2 N–H and O–H groups in total. The Kier molecular flexibility index (Phi) is 2.27. The molecule has 2 aliphatic rings. The van der Waals surface area contributed by atoms with Crippen LogP contribution in [0.3, 0.4) is 0 Å². The van der Waals surface area contributed by atoms with Crippen molar-refractivity contribution in [3.8, 4) is 0 Å². The Balaban J connectivity index is 1.99. The lowest BCUT2D eigenvalue weighted by atomic mass is 10.1. The van der Waals surface area contributed by atoms with Crippen LogP contribution in [0.1, 0.15) is 19.3 Å². The van der Waals surface area contributed by atoms with Crippen molar-refractivity contribution in [2.24, 2.45) is 11.1 Å². The molecule has 2 nitrogen and oxygen atoms in total. The Morgan fingerprint density at radius 3 is 2.29 bits per heavy atom. The van der Waals surface area contributed by atoms with E-state index in [2.05, 4.69) is 0 Å². The van der Waals surface area contributed by atoms with E-state index in [-0.39, 0.29) is 12.0 Å². The van der Waals surface area contributed by atoms with Crippen LogP contribution in [0.15, 0.2) is 0 Å². The first-order valence-electron chi connectivity index (χ1n) is 4.98. The van der Waals surface area contributed by atoms with Crippen molar-refractivity contribution in [2.45, 2.75) is 31.5 Å². The summed E-state index contributed by atoms with van der Waals surface area (Å²) in [7, 11) is 0. The molecule has 5 heteroatoms. The highest BCUT2D eigenvalue weighted by Crippen LogP contribution is 2.53.